The topological polar surface area (TPSA) is 169 Å². The third-order valence-electron chi connectivity index (χ3n) is 4.47. The van der Waals surface area contributed by atoms with E-state index in [-0.39, 0.29) is 36.6 Å². The van der Waals surface area contributed by atoms with Gasteiger partial charge in [0.05, 0.1) is 6.54 Å². The molecule has 5 N–H and O–H groups in total. The highest BCUT2D eigenvalue weighted by atomic mass is 16.7. The van der Waals surface area contributed by atoms with Crippen LogP contribution in [-0.2, 0) is 9.53 Å². The van der Waals surface area contributed by atoms with Crippen LogP contribution in [0.5, 0.6) is 5.75 Å². The van der Waals surface area contributed by atoms with Crippen LogP contribution in [0, 0.1) is 0 Å². The molecule has 0 radical (unpaired) electrons. The Kier molecular flexibility index (Phi) is 9.27. The van der Waals surface area contributed by atoms with Gasteiger partial charge in [-0.1, -0.05) is 30.3 Å². The molecule has 1 aromatic heterocycles. The number of hydrogen-bond acceptors (Lipinski definition) is 9. The average Bonchev–Trinajstić information content (AvgIpc) is 2.88. The standard InChI is InChI=1S/C24H25N7O5/c1-2-26-24(34)36-15-35-19-11-7-6-10-17(19)30-31-18-12-13-20(29-22(18)25)28-21(32)14-27-23(33)16-8-4-3-5-9-16/h3-13H,2,14-15H2,1H3,(H,26,34)(H,27,33)(H3,25,28,29,32). The zero-order chi connectivity index (χ0) is 25.8. The van der Waals surface area contributed by atoms with Gasteiger partial charge >= 0.3 is 6.09 Å². The van der Waals surface area contributed by atoms with E-state index in [1.54, 1.807) is 61.5 Å². The second-order valence-electron chi connectivity index (χ2n) is 7.09. The number of ether oxygens (including phenoxy) is 2. The average molecular weight is 492 g/mol. The first-order valence-corrected chi connectivity index (χ1v) is 10.9. The van der Waals surface area contributed by atoms with Crippen molar-refractivity contribution in [3.8, 4) is 5.75 Å². The Morgan fingerprint density at radius 3 is 2.39 bits per heavy atom. The molecule has 0 unspecified atom stereocenters. The number of alkyl carbamates (subject to hydrolysis) is 1. The molecule has 2 aromatic carbocycles. The molecule has 12 heteroatoms. The molecule has 1 heterocycles. The number of benzene rings is 2. The second-order valence-corrected chi connectivity index (χ2v) is 7.09. The van der Waals surface area contributed by atoms with Crippen molar-refractivity contribution >= 4 is 40.9 Å². The minimum Gasteiger partial charge on any atom is -0.455 e. The Bertz CT molecular complexity index is 1230. The predicted molar refractivity (Wildman–Crippen MR) is 132 cm³/mol. The fourth-order valence-corrected chi connectivity index (χ4v) is 2.77. The number of aromatic nitrogens is 1. The van der Waals surface area contributed by atoms with Crippen molar-refractivity contribution in [2.24, 2.45) is 10.2 Å². The summed E-state index contributed by atoms with van der Waals surface area (Å²) in [5, 5.41) is 15.8. The molecule has 3 amide bonds. The Hall–Kier alpha value is -5.00. The number of carbonyl (C=O) groups excluding carboxylic acids is 3. The lowest BCUT2D eigenvalue weighted by Gasteiger charge is -2.09. The summed E-state index contributed by atoms with van der Waals surface area (Å²) >= 11 is 0. The van der Waals surface area contributed by atoms with Gasteiger partial charge in [0.2, 0.25) is 12.7 Å². The fraction of sp³-hybridized carbons (Fsp3) is 0.167. The van der Waals surface area contributed by atoms with E-state index >= 15 is 0 Å². The molecule has 0 aliphatic carbocycles. The van der Waals surface area contributed by atoms with Crippen molar-refractivity contribution in [2.45, 2.75) is 6.92 Å². The number of nitrogens with two attached hydrogens (primary N) is 1. The molecule has 36 heavy (non-hydrogen) atoms. The quantitative estimate of drug-likeness (QED) is 0.248. The van der Waals surface area contributed by atoms with Gasteiger partial charge in [0, 0.05) is 12.1 Å². The van der Waals surface area contributed by atoms with Gasteiger partial charge in [0.25, 0.3) is 5.91 Å². The van der Waals surface area contributed by atoms with E-state index in [1.807, 2.05) is 0 Å². The van der Waals surface area contributed by atoms with Crippen LogP contribution in [0.15, 0.2) is 77.0 Å². The minimum absolute atomic E-state index is 0.0304. The number of pyridine rings is 1. The zero-order valence-electron chi connectivity index (χ0n) is 19.4. The molecule has 0 bridgehead atoms. The van der Waals surface area contributed by atoms with Crippen molar-refractivity contribution in [2.75, 3.05) is 30.9 Å². The van der Waals surface area contributed by atoms with Crippen LogP contribution in [0.1, 0.15) is 17.3 Å². The fourth-order valence-electron chi connectivity index (χ4n) is 2.77. The third-order valence-corrected chi connectivity index (χ3v) is 4.47. The van der Waals surface area contributed by atoms with Crippen molar-refractivity contribution in [1.29, 1.82) is 0 Å². The van der Waals surface area contributed by atoms with Gasteiger partial charge in [0.1, 0.15) is 17.2 Å². The van der Waals surface area contributed by atoms with Gasteiger partial charge in [-0.2, -0.15) is 0 Å². The maximum Gasteiger partial charge on any atom is 0.410 e. The van der Waals surface area contributed by atoms with Crippen LogP contribution in [0.25, 0.3) is 0 Å². The number of nitrogen functional groups attached to an aromatic ring is 1. The molecule has 0 saturated heterocycles. The molecule has 0 spiro atoms. The number of para-hydroxylation sites is 1. The Balaban J connectivity index is 1.56. The lowest BCUT2D eigenvalue weighted by Crippen LogP contribution is -2.33. The summed E-state index contributed by atoms with van der Waals surface area (Å²) in [5.41, 5.74) is 7.05. The maximum absolute atomic E-state index is 12.2. The van der Waals surface area contributed by atoms with E-state index in [0.717, 1.165) is 0 Å². The van der Waals surface area contributed by atoms with Crippen molar-refractivity contribution < 1.29 is 23.9 Å². The first kappa shape index (κ1) is 25.6. The summed E-state index contributed by atoms with van der Waals surface area (Å²) < 4.78 is 10.3. The Morgan fingerprint density at radius 1 is 0.917 bits per heavy atom. The number of carbonyl (C=O) groups is 3. The van der Waals surface area contributed by atoms with E-state index in [9.17, 15) is 14.4 Å². The van der Waals surface area contributed by atoms with E-state index < -0.39 is 12.0 Å². The summed E-state index contributed by atoms with van der Waals surface area (Å²) in [7, 11) is 0. The summed E-state index contributed by atoms with van der Waals surface area (Å²) in [6.45, 7) is 1.66. The number of hydrogen-bond donors (Lipinski definition) is 4. The normalized spacial score (nSPS) is 10.5. The van der Waals surface area contributed by atoms with Gasteiger partial charge in [-0.25, -0.2) is 9.78 Å². The van der Waals surface area contributed by atoms with E-state index in [0.29, 0.717) is 23.5 Å². The number of rotatable bonds is 10. The summed E-state index contributed by atoms with van der Waals surface area (Å²) in [6.07, 6.45) is -0.596. The highest BCUT2D eigenvalue weighted by Crippen LogP contribution is 2.30. The van der Waals surface area contributed by atoms with E-state index in [1.165, 1.54) is 12.1 Å². The number of nitrogens with one attached hydrogen (secondary N) is 3. The van der Waals surface area contributed by atoms with Gasteiger partial charge in [-0.3, -0.25) is 9.59 Å². The number of nitrogens with zero attached hydrogens (tertiary/aromatic N) is 3. The largest absolute Gasteiger partial charge is 0.455 e. The molecular weight excluding hydrogens is 466 g/mol. The lowest BCUT2D eigenvalue weighted by molar-refractivity contribution is -0.115. The summed E-state index contributed by atoms with van der Waals surface area (Å²) in [5.74, 6) is -0.270. The van der Waals surface area contributed by atoms with Crippen LogP contribution >= 0.6 is 0 Å². The van der Waals surface area contributed by atoms with Crippen molar-refractivity contribution in [3.63, 3.8) is 0 Å². The van der Waals surface area contributed by atoms with Gasteiger partial charge in [-0.05, 0) is 43.3 Å². The van der Waals surface area contributed by atoms with Gasteiger partial charge in [-0.15, -0.1) is 10.2 Å². The van der Waals surface area contributed by atoms with Gasteiger partial charge < -0.3 is 31.2 Å². The number of amides is 3. The molecule has 0 fully saturated rings. The van der Waals surface area contributed by atoms with E-state index in [2.05, 4.69) is 31.2 Å². The molecule has 12 nitrogen and oxygen atoms in total. The molecule has 0 aliphatic heterocycles. The van der Waals surface area contributed by atoms with E-state index in [4.69, 9.17) is 15.2 Å². The monoisotopic (exact) mass is 491 g/mol. The molecule has 3 rings (SSSR count). The highest BCUT2D eigenvalue weighted by Gasteiger charge is 2.10. The summed E-state index contributed by atoms with van der Waals surface area (Å²) in [6, 6.07) is 18.4. The maximum atomic E-state index is 12.2. The molecule has 0 atom stereocenters. The third kappa shape index (κ3) is 7.80. The van der Waals surface area contributed by atoms with Crippen LogP contribution < -0.4 is 26.4 Å². The van der Waals surface area contributed by atoms with Crippen LogP contribution in [-0.4, -0.2) is 42.8 Å². The predicted octanol–water partition coefficient (Wildman–Crippen LogP) is 3.53. The SMILES string of the molecule is CCNC(=O)OCOc1ccccc1N=Nc1ccc(NC(=O)CNC(=O)c2ccccc2)nc1N. The van der Waals surface area contributed by atoms with Crippen molar-refractivity contribution in [3.05, 3.63) is 72.3 Å². The first-order valence-electron chi connectivity index (χ1n) is 10.9. The molecule has 0 aliphatic rings. The number of azo groups is 1. The minimum atomic E-state index is -0.596. The smallest absolute Gasteiger partial charge is 0.410 e. The molecular formula is C24H25N7O5. The van der Waals surface area contributed by atoms with Crippen LogP contribution in [0.3, 0.4) is 0 Å². The van der Waals surface area contributed by atoms with Crippen LogP contribution in [0.2, 0.25) is 0 Å². The second kappa shape index (κ2) is 13.0. The molecule has 3 aromatic rings. The Morgan fingerprint density at radius 2 is 1.64 bits per heavy atom. The number of anilines is 2. The van der Waals surface area contributed by atoms with Crippen LogP contribution in [0.4, 0.5) is 27.8 Å². The first-order chi connectivity index (χ1) is 17.5. The summed E-state index contributed by atoms with van der Waals surface area (Å²) in [4.78, 5) is 39.7. The van der Waals surface area contributed by atoms with Gasteiger partial charge in [0.15, 0.2) is 11.6 Å². The highest BCUT2D eigenvalue weighted by molar-refractivity contribution is 5.99. The lowest BCUT2D eigenvalue weighted by atomic mass is 10.2. The Labute approximate surface area is 206 Å². The van der Waals surface area contributed by atoms with Crippen molar-refractivity contribution in [1.82, 2.24) is 15.6 Å². The zero-order valence-corrected chi connectivity index (χ0v) is 19.4. The molecule has 186 valence electrons. The molecule has 0 saturated carbocycles.